The number of rotatable bonds is 4. The molecule has 0 heterocycles. The minimum atomic E-state index is -0.125. The van der Waals surface area contributed by atoms with Gasteiger partial charge in [0.15, 0.2) is 0 Å². The van der Waals surface area contributed by atoms with E-state index in [1.165, 1.54) is 13.0 Å². The molecule has 2 rings (SSSR count). The second-order valence-electron chi connectivity index (χ2n) is 4.38. The lowest BCUT2D eigenvalue weighted by Crippen LogP contribution is -2.04. The number of phenolic OH excluding ortho intramolecular Hbond substituents is 1. The highest BCUT2D eigenvalue weighted by atomic mass is 16.3. The van der Waals surface area contributed by atoms with Crippen LogP contribution in [0.5, 0.6) is 5.75 Å². The molecule has 0 saturated carbocycles. The number of nitrogens with one attached hydrogen (secondary N) is 1. The van der Waals surface area contributed by atoms with Crippen molar-refractivity contribution in [2.45, 2.75) is 6.92 Å². The van der Waals surface area contributed by atoms with Crippen LogP contribution in [-0.4, -0.2) is 11.0 Å². The van der Waals surface area contributed by atoms with Gasteiger partial charge in [-0.05, 0) is 36.4 Å². The van der Waals surface area contributed by atoms with Crippen molar-refractivity contribution in [1.29, 1.82) is 0 Å². The van der Waals surface area contributed by atoms with Gasteiger partial charge in [-0.25, -0.2) is 0 Å². The van der Waals surface area contributed by atoms with Crippen LogP contribution in [0.25, 0.3) is 6.08 Å². The highest BCUT2D eigenvalue weighted by molar-refractivity contribution is 5.88. The Hall–Kier alpha value is -2.95. The number of carbonyl (C=O) groups excluding carboxylic acids is 1. The third-order valence-corrected chi connectivity index (χ3v) is 2.69. The van der Waals surface area contributed by atoms with E-state index >= 15 is 0 Å². The molecule has 1 amide bonds. The zero-order valence-electron chi connectivity index (χ0n) is 11.6. The number of hydrogen-bond acceptors (Lipinski definition) is 4. The van der Waals surface area contributed by atoms with Gasteiger partial charge in [0.25, 0.3) is 0 Å². The lowest BCUT2D eigenvalue weighted by molar-refractivity contribution is -0.114. The summed E-state index contributed by atoms with van der Waals surface area (Å²) in [6.45, 7) is 5.14. The average molecular weight is 281 g/mol. The molecule has 21 heavy (non-hydrogen) atoms. The summed E-state index contributed by atoms with van der Waals surface area (Å²) >= 11 is 0. The smallest absolute Gasteiger partial charge is 0.221 e. The molecule has 0 saturated heterocycles. The van der Waals surface area contributed by atoms with Crippen molar-refractivity contribution in [2.75, 3.05) is 5.32 Å². The third kappa shape index (κ3) is 4.01. The molecular weight excluding hydrogens is 266 g/mol. The van der Waals surface area contributed by atoms with Crippen LogP contribution < -0.4 is 5.32 Å². The van der Waals surface area contributed by atoms with Crippen LogP contribution in [0.15, 0.2) is 59.3 Å². The van der Waals surface area contributed by atoms with Crippen LogP contribution >= 0.6 is 0 Å². The number of benzene rings is 2. The topological polar surface area (TPSA) is 74.1 Å². The number of aromatic hydroxyl groups is 1. The van der Waals surface area contributed by atoms with Gasteiger partial charge in [-0.1, -0.05) is 12.7 Å². The van der Waals surface area contributed by atoms with Gasteiger partial charge >= 0.3 is 0 Å². The standard InChI is InChI=1S/C16H15N3O2/c1-3-12-4-9-15(21)10-16(12)19-18-14-7-5-13(6-8-14)17-11(2)20/h3-10,21H,1H2,2H3,(H,17,20). The quantitative estimate of drug-likeness (QED) is 0.814. The Labute approximate surface area is 122 Å². The van der Waals surface area contributed by atoms with Crippen LogP contribution in [0.1, 0.15) is 12.5 Å². The molecule has 0 bridgehead atoms. The highest BCUT2D eigenvalue weighted by Gasteiger charge is 2.00. The fraction of sp³-hybridized carbons (Fsp3) is 0.0625. The average Bonchev–Trinajstić information content (AvgIpc) is 2.46. The Kier molecular flexibility index (Phi) is 4.46. The molecule has 2 aromatic rings. The van der Waals surface area contributed by atoms with Crippen molar-refractivity contribution < 1.29 is 9.90 Å². The van der Waals surface area contributed by atoms with E-state index < -0.39 is 0 Å². The van der Waals surface area contributed by atoms with E-state index in [9.17, 15) is 9.90 Å². The van der Waals surface area contributed by atoms with E-state index in [1.807, 2.05) is 0 Å². The van der Waals surface area contributed by atoms with E-state index in [2.05, 4.69) is 22.1 Å². The van der Waals surface area contributed by atoms with Crippen LogP contribution in [0.2, 0.25) is 0 Å². The van der Waals surface area contributed by atoms with Crippen molar-refractivity contribution in [3.05, 3.63) is 54.6 Å². The lowest BCUT2D eigenvalue weighted by Gasteiger charge is -2.02. The molecule has 0 aliphatic rings. The number of azo groups is 1. The van der Waals surface area contributed by atoms with Crippen molar-refractivity contribution >= 4 is 29.0 Å². The summed E-state index contributed by atoms with van der Waals surface area (Å²) in [5.74, 6) is -0.00434. The summed E-state index contributed by atoms with van der Waals surface area (Å²) in [5, 5.41) is 20.4. The molecule has 0 aliphatic carbocycles. The van der Waals surface area contributed by atoms with Crippen molar-refractivity contribution in [1.82, 2.24) is 0 Å². The number of carbonyl (C=O) groups is 1. The summed E-state index contributed by atoms with van der Waals surface area (Å²) in [6.07, 6.45) is 1.65. The van der Waals surface area contributed by atoms with E-state index in [0.29, 0.717) is 17.1 Å². The van der Waals surface area contributed by atoms with Gasteiger partial charge in [0, 0.05) is 24.2 Å². The summed E-state index contributed by atoms with van der Waals surface area (Å²) < 4.78 is 0. The van der Waals surface area contributed by atoms with Gasteiger partial charge in [-0.3, -0.25) is 4.79 Å². The summed E-state index contributed by atoms with van der Waals surface area (Å²) in [4.78, 5) is 10.9. The minimum Gasteiger partial charge on any atom is -0.508 e. The van der Waals surface area contributed by atoms with Crippen LogP contribution in [0.4, 0.5) is 17.1 Å². The molecule has 2 aromatic carbocycles. The van der Waals surface area contributed by atoms with Crippen LogP contribution in [-0.2, 0) is 4.79 Å². The highest BCUT2D eigenvalue weighted by Crippen LogP contribution is 2.27. The predicted octanol–water partition coefficient (Wildman–Crippen LogP) is 4.41. The first-order chi connectivity index (χ1) is 10.1. The Morgan fingerprint density at radius 3 is 2.52 bits per heavy atom. The lowest BCUT2D eigenvalue weighted by atomic mass is 10.2. The first kappa shape index (κ1) is 14.5. The molecular formula is C16H15N3O2. The zero-order valence-corrected chi connectivity index (χ0v) is 11.6. The van der Waals surface area contributed by atoms with Gasteiger partial charge in [0.2, 0.25) is 5.91 Å². The van der Waals surface area contributed by atoms with Crippen LogP contribution in [0.3, 0.4) is 0 Å². The van der Waals surface area contributed by atoms with Gasteiger partial charge < -0.3 is 10.4 Å². The summed E-state index contributed by atoms with van der Waals surface area (Å²) in [7, 11) is 0. The zero-order chi connectivity index (χ0) is 15.2. The summed E-state index contributed by atoms with van der Waals surface area (Å²) in [5.41, 5.74) is 2.66. The van der Waals surface area contributed by atoms with Crippen molar-refractivity contribution in [2.24, 2.45) is 10.2 Å². The van der Waals surface area contributed by atoms with Gasteiger partial charge in [-0.2, -0.15) is 5.11 Å². The molecule has 0 fully saturated rings. The Morgan fingerprint density at radius 2 is 1.90 bits per heavy atom. The van der Waals surface area contributed by atoms with E-state index in [0.717, 1.165) is 5.56 Å². The van der Waals surface area contributed by atoms with Crippen molar-refractivity contribution in [3.63, 3.8) is 0 Å². The minimum absolute atomic E-state index is 0.121. The first-order valence-electron chi connectivity index (χ1n) is 6.33. The molecule has 0 aliphatic heterocycles. The molecule has 0 radical (unpaired) electrons. The second-order valence-corrected chi connectivity index (χ2v) is 4.38. The first-order valence-corrected chi connectivity index (χ1v) is 6.33. The van der Waals surface area contributed by atoms with Gasteiger partial charge in [-0.15, -0.1) is 5.11 Å². The van der Waals surface area contributed by atoms with E-state index in [1.54, 1.807) is 42.5 Å². The van der Waals surface area contributed by atoms with Crippen LogP contribution in [0, 0.1) is 0 Å². The maximum absolute atomic E-state index is 10.9. The molecule has 5 nitrogen and oxygen atoms in total. The Morgan fingerprint density at radius 1 is 1.19 bits per heavy atom. The summed E-state index contributed by atoms with van der Waals surface area (Å²) in [6, 6.07) is 11.8. The van der Waals surface area contributed by atoms with Gasteiger partial charge in [0.05, 0.1) is 11.4 Å². The van der Waals surface area contributed by atoms with Crippen molar-refractivity contribution in [3.8, 4) is 5.75 Å². The van der Waals surface area contributed by atoms with E-state index in [-0.39, 0.29) is 11.7 Å². The monoisotopic (exact) mass is 281 g/mol. The normalized spacial score (nSPS) is 10.5. The number of hydrogen-bond donors (Lipinski definition) is 2. The fourth-order valence-electron chi connectivity index (χ4n) is 1.72. The number of nitrogens with zero attached hydrogens (tertiary/aromatic N) is 2. The second kappa shape index (κ2) is 6.47. The number of phenols is 1. The van der Waals surface area contributed by atoms with E-state index in [4.69, 9.17) is 0 Å². The SMILES string of the molecule is C=Cc1ccc(O)cc1N=Nc1ccc(NC(C)=O)cc1. The fourth-order valence-corrected chi connectivity index (χ4v) is 1.72. The number of amides is 1. The molecule has 0 unspecified atom stereocenters. The molecule has 5 heteroatoms. The third-order valence-electron chi connectivity index (χ3n) is 2.69. The molecule has 0 spiro atoms. The molecule has 106 valence electrons. The Balaban J connectivity index is 2.19. The predicted molar refractivity (Wildman–Crippen MR) is 83.1 cm³/mol. The molecule has 0 atom stereocenters. The van der Waals surface area contributed by atoms with Gasteiger partial charge in [0.1, 0.15) is 5.75 Å². The largest absolute Gasteiger partial charge is 0.508 e. The number of anilines is 1. The maximum Gasteiger partial charge on any atom is 0.221 e. The molecule has 2 N–H and O–H groups in total. The molecule has 0 aromatic heterocycles. The maximum atomic E-state index is 10.9. The Bertz CT molecular complexity index is 691.